The number of hydrogen-bond acceptors (Lipinski definition) is 5. The van der Waals surface area contributed by atoms with Crippen molar-refractivity contribution >= 4 is 32.9 Å². The van der Waals surface area contributed by atoms with Gasteiger partial charge in [0.15, 0.2) is 0 Å². The number of hydrogen-bond donors (Lipinski definition) is 1. The number of rotatable bonds is 8. The second-order valence-electron chi connectivity index (χ2n) is 5.64. The van der Waals surface area contributed by atoms with Crippen LogP contribution in [0.15, 0.2) is 71.1 Å². The van der Waals surface area contributed by atoms with Gasteiger partial charge in [0.2, 0.25) is 0 Å². The molecule has 0 spiro atoms. The van der Waals surface area contributed by atoms with Crippen LogP contribution in [0.3, 0.4) is 0 Å². The zero-order valence-corrected chi connectivity index (χ0v) is 16.1. The van der Waals surface area contributed by atoms with Crippen LogP contribution in [0.2, 0.25) is 0 Å². The minimum absolute atomic E-state index is 0.187. The van der Waals surface area contributed by atoms with Gasteiger partial charge in [-0.2, -0.15) is 0 Å². The number of pyridine rings is 1. The normalized spacial score (nSPS) is 11.3. The van der Waals surface area contributed by atoms with E-state index >= 15 is 0 Å². The highest BCUT2D eigenvalue weighted by Crippen LogP contribution is 2.23. The third kappa shape index (κ3) is 4.23. The van der Waals surface area contributed by atoms with E-state index in [-0.39, 0.29) is 4.90 Å². The molecule has 26 heavy (non-hydrogen) atoms. The molecule has 0 fully saturated rings. The Kier molecular flexibility index (Phi) is 5.90. The van der Waals surface area contributed by atoms with Gasteiger partial charge in [-0.3, -0.25) is 4.31 Å². The Hall–Kier alpha value is -2.38. The van der Waals surface area contributed by atoms with Gasteiger partial charge in [-0.05, 0) is 49.1 Å². The summed E-state index contributed by atoms with van der Waals surface area (Å²) in [6.07, 6.45) is 2.32. The van der Waals surface area contributed by atoms with E-state index in [0.717, 1.165) is 13.0 Å². The van der Waals surface area contributed by atoms with Crippen LogP contribution in [0.1, 0.15) is 11.8 Å². The molecular formula is C19H21N3O2S2. The van der Waals surface area contributed by atoms with Gasteiger partial charge >= 0.3 is 0 Å². The van der Waals surface area contributed by atoms with E-state index in [1.165, 1.54) is 15.4 Å². The molecular weight excluding hydrogens is 366 g/mol. The number of sulfonamides is 1. The van der Waals surface area contributed by atoms with Gasteiger partial charge in [-0.15, -0.1) is 11.3 Å². The number of nitrogens with one attached hydrogen (secondary N) is 1. The Morgan fingerprint density at radius 1 is 1.08 bits per heavy atom. The van der Waals surface area contributed by atoms with E-state index in [1.54, 1.807) is 35.6 Å². The van der Waals surface area contributed by atoms with Gasteiger partial charge in [0.25, 0.3) is 10.0 Å². The maximum atomic E-state index is 12.9. The molecule has 1 N–H and O–H groups in total. The molecule has 0 aliphatic rings. The standard InChI is InChI=1S/C19H21N3O2S2/c1-2-22(16-7-4-3-5-8-16)26(23,24)18-10-11-19(21-15-18)20-13-12-17-9-6-14-25-17/h3-11,14-15H,2,12-13H2,1H3,(H,20,21). The molecule has 0 aliphatic carbocycles. The van der Waals surface area contributed by atoms with Gasteiger partial charge in [0.05, 0.1) is 5.69 Å². The smallest absolute Gasteiger partial charge is 0.265 e. The highest BCUT2D eigenvalue weighted by Gasteiger charge is 2.23. The van der Waals surface area contributed by atoms with Crippen LogP contribution in [0.5, 0.6) is 0 Å². The van der Waals surface area contributed by atoms with Crippen LogP contribution >= 0.6 is 11.3 Å². The zero-order chi connectivity index (χ0) is 18.4. The zero-order valence-electron chi connectivity index (χ0n) is 14.5. The van der Waals surface area contributed by atoms with Crippen LogP contribution in [0.25, 0.3) is 0 Å². The Morgan fingerprint density at radius 2 is 1.88 bits per heavy atom. The fourth-order valence-electron chi connectivity index (χ4n) is 2.62. The van der Waals surface area contributed by atoms with Gasteiger partial charge in [0, 0.05) is 24.2 Å². The molecule has 0 saturated carbocycles. The average molecular weight is 388 g/mol. The van der Waals surface area contributed by atoms with E-state index in [0.29, 0.717) is 18.1 Å². The summed E-state index contributed by atoms with van der Waals surface area (Å²) in [6.45, 7) is 2.93. The molecule has 2 heterocycles. The van der Waals surface area contributed by atoms with Crippen molar-refractivity contribution in [1.29, 1.82) is 0 Å². The van der Waals surface area contributed by atoms with Crippen molar-refractivity contribution in [1.82, 2.24) is 4.98 Å². The fourth-order valence-corrected chi connectivity index (χ4v) is 4.75. The highest BCUT2D eigenvalue weighted by molar-refractivity contribution is 7.92. The van der Waals surface area contributed by atoms with Gasteiger partial charge in [0.1, 0.15) is 10.7 Å². The summed E-state index contributed by atoms with van der Waals surface area (Å²) >= 11 is 1.72. The van der Waals surface area contributed by atoms with Crippen molar-refractivity contribution in [2.45, 2.75) is 18.2 Å². The molecule has 2 aromatic heterocycles. The first-order chi connectivity index (χ1) is 12.6. The molecule has 3 aromatic rings. The summed E-state index contributed by atoms with van der Waals surface area (Å²) in [4.78, 5) is 5.75. The largest absolute Gasteiger partial charge is 0.370 e. The van der Waals surface area contributed by atoms with Gasteiger partial charge in [-0.1, -0.05) is 24.3 Å². The van der Waals surface area contributed by atoms with Crippen LogP contribution in [0, 0.1) is 0 Å². The lowest BCUT2D eigenvalue weighted by Crippen LogP contribution is -2.30. The molecule has 0 aliphatic heterocycles. The maximum Gasteiger partial charge on any atom is 0.265 e. The van der Waals surface area contributed by atoms with Crippen LogP contribution in [0.4, 0.5) is 11.5 Å². The molecule has 0 radical (unpaired) electrons. The molecule has 0 saturated heterocycles. The summed E-state index contributed by atoms with van der Waals surface area (Å²) < 4.78 is 27.2. The number of nitrogens with zero attached hydrogens (tertiary/aromatic N) is 2. The first kappa shape index (κ1) is 18.4. The van der Waals surface area contributed by atoms with Crippen molar-refractivity contribution in [2.75, 3.05) is 22.7 Å². The first-order valence-electron chi connectivity index (χ1n) is 8.41. The summed E-state index contributed by atoms with van der Waals surface area (Å²) in [5, 5.41) is 5.28. The second kappa shape index (κ2) is 8.33. The van der Waals surface area contributed by atoms with Gasteiger partial charge < -0.3 is 5.32 Å². The Labute approximate surface area is 158 Å². The predicted molar refractivity (Wildman–Crippen MR) is 107 cm³/mol. The second-order valence-corrected chi connectivity index (χ2v) is 8.54. The summed E-state index contributed by atoms with van der Waals surface area (Å²) in [7, 11) is -3.63. The molecule has 3 rings (SSSR count). The minimum atomic E-state index is -3.63. The summed E-state index contributed by atoms with van der Waals surface area (Å²) in [6, 6.07) is 16.5. The molecule has 136 valence electrons. The van der Waals surface area contributed by atoms with Crippen LogP contribution in [-0.2, 0) is 16.4 Å². The molecule has 0 atom stereocenters. The number of aromatic nitrogens is 1. The van der Waals surface area contributed by atoms with Crippen molar-refractivity contribution in [2.24, 2.45) is 0 Å². The quantitative estimate of drug-likeness (QED) is 0.634. The molecule has 0 amide bonds. The lowest BCUT2D eigenvalue weighted by molar-refractivity contribution is 0.591. The van der Waals surface area contributed by atoms with Gasteiger partial charge in [-0.25, -0.2) is 13.4 Å². The van der Waals surface area contributed by atoms with E-state index in [1.807, 2.05) is 31.2 Å². The topological polar surface area (TPSA) is 62.3 Å². The highest BCUT2D eigenvalue weighted by atomic mass is 32.2. The molecule has 5 nitrogen and oxygen atoms in total. The number of thiophene rings is 1. The Morgan fingerprint density at radius 3 is 2.50 bits per heavy atom. The summed E-state index contributed by atoms with van der Waals surface area (Å²) in [5.74, 6) is 0.670. The lowest BCUT2D eigenvalue weighted by Gasteiger charge is -2.22. The molecule has 0 unspecified atom stereocenters. The predicted octanol–water partition coefficient (Wildman–Crippen LogP) is 4.01. The van der Waals surface area contributed by atoms with E-state index in [2.05, 4.69) is 21.7 Å². The monoisotopic (exact) mass is 387 g/mol. The van der Waals surface area contributed by atoms with Crippen molar-refractivity contribution in [3.05, 3.63) is 71.1 Å². The summed E-state index contributed by atoms with van der Waals surface area (Å²) in [5.41, 5.74) is 0.646. The maximum absolute atomic E-state index is 12.9. The van der Waals surface area contributed by atoms with Crippen molar-refractivity contribution in [3.8, 4) is 0 Å². The Balaban J connectivity index is 1.70. The van der Waals surface area contributed by atoms with Crippen molar-refractivity contribution < 1.29 is 8.42 Å². The average Bonchev–Trinajstić information content (AvgIpc) is 3.17. The van der Waals surface area contributed by atoms with Crippen molar-refractivity contribution in [3.63, 3.8) is 0 Å². The van der Waals surface area contributed by atoms with E-state index < -0.39 is 10.0 Å². The minimum Gasteiger partial charge on any atom is -0.370 e. The Bertz CT molecular complexity index is 909. The molecule has 0 bridgehead atoms. The number of benzene rings is 1. The third-order valence-corrected chi connectivity index (χ3v) is 6.74. The fraction of sp³-hybridized carbons (Fsp3) is 0.211. The van der Waals surface area contributed by atoms with Crippen LogP contribution < -0.4 is 9.62 Å². The molecule has 7 heteroatoms. The van der Waals surface area contributed by atoms with E-state index in [9.17, 15) is 8.42 Å². The number of para-hydroxylation sites is 1. The van der Waals surface area contributed by atoms with E-state index in [4.69, 9.17) is 0 Å². The number of anilines is 2. The third-order valence-electron chi connectivity index (χ3n) is 3.91. The van der Waals surface area contributed by atoms with Crippen LogP contribution in [-0.4, -0.2) is 26.5 Å². The molecule has 1 aromatic carbocycles. The lowest BCUT2D eigenvalue weighted by atomic mass is 10.3. The first-order valence-corrected chi connectivity index (χ1v) is 10.7. The SMILES string of the molecule is CCN(c1ccccc1)S(=O)(=O)c1ccc(NCCc2cccs2)nc1.